The monoisotopic (exact) mass is 108 g/mol. The second kappa shape index (κ2) is 2.75. The number of carbonyl (C=O) groups excluding carboxylic acids is 1. The van der Waals surface area contributed by atoms with Gasteiger partial charge in [0, 0.05) is 5.70 Å². The predicted octanol–water partition coefficient (Wildman–Crippen LogP) is 0.0729. The van der Waals surface area contributed by atoms with Crippen LogP contribution in [0.15, 0.2) is 5.70 Å². The summed E-state index contributed by atoms with van der Waals surface area (Å²) in [6, 6.07) is 0. The van der Waals surface area contributed by atoms with Gasteiger partial charge in [-0.3, -0.25) is 8.22 Å². The van der Waals surface area contributed by atoms with E-state index >= 15 is 0 Å². The van der Waals surface area contributed by atoms with Crippen LogP contribution >= 0.6 is 0 Å². The summed E-state index contributed by atoms with van der Waals surface area (Å²) in [6.45, 7) is 0. The maximum Gasteiger partial charge on any atom is 0.445 e. The lowest BCUT2D eigenvalue weighted by molar-refractivity contribution is 0.568. The normalized spacial score (nSPS) is 7.83. The molecular weight excluding hydrogens is 106 g/mol. The van der Waals surface area contributed by atoms with E-state index in [1.54, 1.807) is 0 Å². The first-order valence-electron chi connectivity index (χ1n) is 1.26. The number of hydrogen-bond acceptors (Lipinski definition) is 1. The third-order valence-corrected chi connectivity index (χ3v) is 0.582. The topological polar surface area (TPSA) is 17.1 Å². The van der Waals surface area contributed by atoms with Gasteiger partial charge in [0.1, 0.15) is 5.94 Å². The van der Waals surface area contributed by atoms with Gasteiger partial charge in [-0.2, -0.15) is 0 Å². The highest BCUT2D eigenvalue weighted by atomic mass is 28.4. The van der Waals surface area contributed by atoms with Gasteiger partial charge in [0.25, 0.3) is 0 Å². The third kappa shape index (κ3) is 3.53. The van der Waals surface area contributed by atoms with Crippen molar-refractivity contribution in [3.05, 3.63) is 5.70 Å². The molecule has 0 unspecified atom stereocenters. The van der Waals surface area contributed by atoms with Crippen molar-refractivity contribution in [2.45, 2.75) is 0 Å². The van der Waals surface area contributed by atoms with E-state index in [2.05, 4.69) is 0 Å². The van der Waals surface area contributed by atoms with E-state index in [0.717, 1.165) is 5.94 Å². The van der Waals surface area contributed by atoms with Gasteiger partial charge in [0.2, 0.25) is 0 Å². The highest BCUT2D eigenvalue weighted by molar-refractivity contribution is 6.50. The summed E-state index contributed by atoms with van der Waals surface area (Å²) in [4.78, 5) is 8.99. The highest BCUT2D eigenvalue weighted by Crippen LogP contribution is 1.80. The van der Waals surface area contributed by atoms with Crippen molar-refractivity contribution in [3.63, 3.8) is 0 Å². The van der Waals surface area contributed by atoms with Crippen LogP contribution in [0.5, 0.6) is 0 Å². The Hall–Kier alpha value is -0.473. The average molecular weight is 108 g/mol. The minimum atomic E-state index is -3.72. The van der Waals surface area contributed by atoms with Crippen molar-refractivity contribution in [2.24, 2.45) is 0 Å². The van der Waals surface area contributed by atoms with Crippen molar-refractivity contribution in [2.75, 3.05) is 0 Å². The van der Waals surface area contributed by atoms with Crippen LogP contribution in [-0.4, -0.2) is 15.4 Å². The molecule has 0 saturated carbocycles. The number of halogens is 2. The Morgan fingerprint density at radius 3 is 2.17 bits per heavy atom. The Morgan fingerprint density at radius 1 is 1.67 bits per heavy atom. The van der Waals surface area contributed by atoms with Crippen molar-refractivity contribution >= 4 is 15.4 Å². The molecule has 0 fully saturated rings. The molecule has 0 heterocycles. The minimum absolute atomic E-state index is 0.292. The van der Waals surface area contributed by atoms with Crippen molar-refractivity contribution in [1.29, 1.82) is 0 Å². The van der Waals surface area contributed by atoms with Gasteiger partial charge >= 0.3 is 9.46 Å². The van der Waals surface area contributed by atoms with Crippen molar-refractivity contribution < 1.29 is 13.0 Å². The van der Waals surface area contributed by atoms with E-state index in [-0.39, 0.29) is 0 Å². The van der Waals surface area contributed by atoms with E-state index in [4.69, 9.17) is 4.79 Å². The lowest BCUT2D eigenvalue weighted by Crippen LogP contribution is -1.87. The molecule has 0 aromatic heterocycles. The molecule has 6 heavy (non-hydrogen) atoms. The molecule has 0 aliphatic heterocycles. The highest BCUT2D eigenvalue weighted by Gasteiger charge is 1.96. The van der Waals surface area contributed by atoms with Gasteiger partial charge in [-0.1, -0.05) is 0 Å². The molecular formula is C2H2F2OSi. The molecule has 0 bridgehead atoms. The lowest BCUT2D eigenvalue weighted by atomic mass is 11.2. The average Bonchev–Trinajstić information content (AvgIpc) is 1.35. The summed E-state index contributed by atoms with van der Waals surface area (Å²) in [5, 5.41) is 0. The molecule has 1 nitrogen and oxygen atoms in total. The van der Waals surface area contributed by atoms with Gasteiger partial charge < -0.3 is 0 Å². The molecule has 0 spiro atoms. The van der Waals surface area contributed by atoms with Crippen LogP contribution in [0.2, 0.25) is 0 Å². The summed E-state index contributed by atoms with van der Waals surface area (Å²) in [7, 11) is -3.72. The molecule has 0 saturated heterocycles. The van der Waals surface area contributed by atoms with E-state index < -0.39 is 9.46 Å². The Balaban J connectivity index is 3.29. The second-order valence-electron chi connectivity index (χ2n) is 0.619. The van der Waals surface area contributed by atoms with Crippen molar-refractivity contribution in [3.8, 4) is 0 Å². The van der Waals surface area contributed by atoms with Gasteiger partial charge in [0.05, 0.1) is 0 Å². The zero-order valence-electron chi connectivity index (χ0n) is 2.82. The first kappa shape index (κ1) is 5.53. The smallest absolute Gasteiger partial charge is 0.269 e. The number of rotatable bonds is 1. The standard InChI is InChI=1S/C2H2F2OSi/c3-6(4)2-1-5/h2,6H. The molecule has 0 radical (unpaired) electrons. The van der Waals surface area contributed by atoms with Crippen LogP contribution < -0.4 is 0 Å². The first-order valence-corrected chi connectivity index (χ1v) is 2.80. The molecule has 0 aromatic rings. The SMILES string of the molecule is O=C=C[SiH](F)F. The van der Waals surface area contributed by atoms with Crippen LogP contribution in [0.1, 0.15) is 0 Å². The van der Waals surface area contributed by atoms with Gasteiger partial charge in [-0.25, -0.2) is 4.79 Å². The molecule has 0 rings (SSSR count). The second-order valence-corrected chi connectivity index (χ2v) is 1.62. The minimum Gasteiger partial charge on any atom is -0.269 e. The van der Waals surface area contributed by atoms with Gasteiger partial charge in [-0.05, 0) is 0 Å². The van der Waals surface area contributed by atoms with Crippen LogP contribution in [0.25, 0.3) is 0 Å². The maximum absolute atomic E-state index is 10.9. The van der Waals surface area contributed by atoms with Crippen molar-refractivity contribution in [1.82, 2.24) is 0 Å². The fourth-order valence-electron chi connectivity index (χ4n) is 0.0514. The largest absolute Gasteiger partial charge is 0.445 e. The van der Waals surface area contributed by atoms with Crippen LogP contribution in [0.3, 0.4) is 0 Å². The van der Waals surface area contributed by atoms with Gasteiger partial charge in [-0.15, -0.1) is 0 Å². The molecule has 0 amide bonds. The summed E-state index contributed by atoms with van der Waals surface area (Å²) in [5.74, 6) is 1.00. The van der Waals surface area contributed by atoms with E-state index in [9.17, 15) is 8.22 Å². The van der Waals surface area contributed by atoms with E-state index in [1.807, 2.05) is 0 Å². The first-order chi connectivity index (χ1) is 2.77. The van der Waals surface area contributed by atoms with Gasteiger partial charge in [0.15, 0.2) is 0 Å². The predicted molar refractivity (Wildman–Crippen MR) is 19.6 cm³/mol. The summed E-state index contributed by atoms with van der Waals surface area (Å²) >= 11 is 0. The molecule has 0 aliphatic rings. The maximum atomic E-state index is 10.9. The fraction of sp³-hybridized carbons (Fsp3) is 0. The fourth-order valence-corrected chi connectivity index (χ4v) is 0.154. The van der Waals surface area contributed by atoms with Crippen LogP contribution in [0, 0.1) is 0 Å². The Bertz CT molecular complexity index is 75.6. The third-order valence-electron chi connectivity index (χ3n) is 0.194. The molecule has 0 aromatic carbocycles. The van der Waals surface area contributed by atoms with Crippen LogP contribution in [-0.2, 0) is 4.79 Å². The van der Waals surface area contributed by atoms with Crippen LogP contribution in [0.4, 0.5) is 8.22 Å². The lowest BCUT2D eigenvalue weighted by Gasteiger charge is -1.68. The zero-order valence-corrected chi connectivity index (χ0v) is 3.97. The zero-order chi connectivity index (χ0) is 4.99. The van der Waals surface area contributed by atoms with E-state index in [1.165, 1.54) is 0 Å². The quantitative estimate of drug-likeness (QED) is 0.264. The summed E-state index contributed by atoms with van der Waals surface area (Å²) in [5.41, 5.74) is 0.292. The molecule has 0 N–H and O–H groups in total. The number of hydrogen-bond donors (Lipinski definition) is 0. The Morgan fingerprint density at radius 2 is 2.17 bits per heavy atom. The summed E-state index contributed by atoms with van der Waals surface area (Å²) < 4.78 is 21.7. The Labute approximate surface area is 35.2 Å². The molecule has 34 valence electrons. The molecule has 4 heteroatoms. The van der Waals surface area contributed by atoms with E-state index in [0.29, 0.717) is 5.70 Å². The summed E-state index contributed by atoms with van der Waals surface area (Å²) in [6.07, 6.45) is 0. The Kier molecular flexibility index (Phi) is 2.53. The molecule has 0 atom stereocenters. The molecule has 0 aliphatic carbocycles.